The fourth-order valence-electron chi connectivity index (χ4n) is 1.58. The first-order chi connectivity index (χ1) is 8.49. The quantitative estimate of drug-likeness (QED) is 0.638. The number of nitrogens with two attached hydrogens (primary N) is 2. The van der Waals surface area contributed by atoms with Gasteiger partial charge in [-0.2, -0.15) is 0 Å². The van der Waals surface area contributed by atoms with Crippen molar-refractivity contribution >= 4 is 22.0 Å². The molecule has 0 amide bonds. The van der Waals surface area contributed by atoms with Crippen LogP contribution in [0.25, 0.3) is 0 Å². The van der Waals surface area contributed by atoms with Gasteiger partial charge >= 0.3 is 0 Å². The standard InChI is InChI=1S/C12H15N3O2S/c13-10-4-5-11(14)9(7-10)8-18(16,17)12-3-1-2-6-15-12/h1-7,16-17H,8,13-14H2. The average molecular weight is 265 g/mol. The molecule has 0 atom stereocenters. The van der Waals surface area contributed by atoms with Crippen LogP contribution in [0.5, 0.6) is 0 Å². The van der Waals surface area contributed by atoms with E-state index in [1.807, 2.05) is 0 Å². The van der Waals surface area contributed by atoms with Crippen molar-refractivity contribution in [2.75, 3.05) is 11.5 Å². The van der Waals surface area contributed by atoms with Crippen LogP contribution in [0.4, 0.5) is 11.4 Å². The molecule has 2 rings (SSSR count). The molecule has 0 radical (unpaired) electrons. The topological polar surface area (TPSA) is 105 Å². The van der Waals surface area contributed by atoms with Gasteiger partial charge < -0.3 is 11.5 Å². The highest BCUT2D eigenvalue weighted by Gasteiger charge is 2.19. The van der Waals surface area contributed by atoms with E-state index in [4.69, 9.17) is 11.5 Å². The van der Waals surface area contributed by atoms with Gasteiger partial charge in [-0.25, -0.2) is 4.98 Å². The molecule has 0 aliphatic heterocycles. The lowest BCUT2D eigenvalue weighted by molar-refractivity contribution is 0.481. The minimum Gasteiger partial charge on any atom is -0.399 e. The number of anilines is 2. The highest BCUT2D eigenvalue weighted by atomic mass is 32.3. The number of pyridine rings is 1. The maximum Gasteiger partial charge on any atom is 0.146 e. The molecule has 0 aliphatic rings. The first-order valence-electron chi connectivity index (χ1n) is 5.30. The molecule has 2 aromatic rings. The van der Waals surface area contributed by atoms with Crippen molar-refractivity contribution in [3.63, 3.8) is 0 Å². The average Bonchev–Trinajstić information content (AvgIpc) is 2.35. The van der Waals surface area contributed by atoms with Crippen LogP contribution in [0.3, 0.4) is 0 Å². The molecule has 0 aliphatic carbocycles. The fourth-order valence-corrected chi connectivity index (χ4v) is 2.94. The summed E-state index contributed by atoms with van der Waals surface area (Å²) in [5.41, 5.74) is 13.1. The van der Waals surface area contributed by atoms with Crippen molar-refractivity contribution in [2.45, 2.75) is 10.8 Å². The van der Waals surface area contributed by atoms with Gasteiger partial charge in [-0.3, -0.25) is 9.11 Å². The second kappa shape index (κ2) is 4.85. The Hall–Kier alpha value is -1.76. The Morgan fingerprint density at radius 3 is 2.56 bits per heavy atom. The molecule has 0 fully saturated rings. The van der Waals surface area contributed by atoms with Crippen LogP contribution in [-0.4, -0.2) is 14.1 Å². The number of benzene rings is 1. The zero-order valence-corrected chi connectivity index (χ0v) is 10.5. The fraction of sp³-hybridized carbons (Fsp3) is 0.0833. The van der Waals surface area contributed by atoms with E-state index in [9.17, 15) is 9.11 Å². The van der Waals surface area contributed by atoms with Crippen LogP contribution in [0, 0.1) is 0 Å². The molecule has 0 unspecified atom stereocenters. The van der Waals surface area contributed by atoms with Crippen LogP contribution in [0.1, 0.15) is 5.56 Å². The summed E-state index contributed by atoms with van der Waals surface area (Å²) in [6.07, 6.45) is 1.52. The molecule has 0 saturated carbocycles. The lowest BCUT2D eigenvalue weighted by Crippen LogP contribution is -2.06. The Balaban J connectivity index is 2.30. The SMILES string of the molecule is Nc1ccc(N)c(CS(O)(O)c2ccccn2)c1. The number of rotatable bonds is 3. The smallest absolute Gasteiger partial charge is 0.146 e. The van der Waals surface area contributed by atoms with Crippen LogP contribution in [0.2, 0.25) is 0 Å². The molecular formula is C12H15N3O2S. The van der Waals surface area contributed by atoms with E-state index in [-0.39, 0.29) is 10.8 Å². The lowest BCUT2D eigenvalue weighted by atomic mass is 10.2. The van der Waals surface area contributed by atoms with Crippen molar-refractivity contribution in [1.29, 1.82) is 0 Å². The summed E-state index contributed by atoms with van der Waals surface area (Å²) in [5.74, 6) is 0.0148. The van der Waals surface area contributed by atoms with Gasteiger partial charge in [0.25, 0.3) is 0 Å². The van der Waals surface area contributed by atoms with E-state index in [1.54, 1.807) is 36.4 Å². The molecule has 1 aromatic heterocycles. The summed E-state index contributed by atoms with van der Waals surface area (Å²) in [7, 11) is -3.00. The molecule has 0 spiro atoms. The largest absolute Gasteiger partial charge is 0.399 e. The van der Waals surface area contributed by atoms with E-state index < -0.39 is 10.6 Å². The number of hydrogen-bond donors (Lipinski definition) is 4. The number of nitrogens with zero attached hydrogens (tertiary/aromatic N) is 1. The van der Waals surface area contributed by atoms with Gasteiger partial charge in [0, 0.05) is 17.6 Å². The van der Waals surface area contributed by atoms with Crippen LogP contribution in [0.15, 0.2) is 47.6 Å². The van der Waals surface area contributed by atoms with Crippen LogP contribution >= 0.6 is 10.6 Å². The molecule has 5 nitrogen and oxygen atoms in total. The van der Waals surface area contributed by atoms with E-state index in [0.29, 0.717) is 16.9 Å². The highest BCUT2D eigenvalue weighted by Crippen LogP contribution is 2.50. The summed E-state index contributed by atoms with van der Waals surface area (Å²) in [6, 6.07) is 9.97. The lowest BCUT2D eigenvalue weighted by Gasteiger charge is -2.31. The predicted molar refractivity (Wildman–Crippen MR) is 74.3 cm³/mol. The summed E-state index contributed by atoms with van der Waals surface area (Å²) >= 11 is 0. The van der Waals surface area contributed by atoms with Crippen molar-refractivity contribution in [3.8, 4) is 0 Å². The summed E-state index contributed by atoms with van der Waals surface area (Å²) in [6.45, 7) is 0. The van der Waals surface area contributed by atoms with E-state index >= 15 is 0 Å². The first kappa shape index (κ1) is 12.7. The molecular weight excluding hydrogens is 250 g/mol. The second-order valence-electron chi connectivity index (χ2n) is 3.94. The monoisotopic (exact) mass is 265 g/mol. The molecule has 0 saturated heterocycles. The van der Waals surface area contributed by atoms with E-state index in [2.05, 4.69) is 4.98 Å². The Labute approximate surface area is 107 Å². The summed E-state index contributed by atoms with van der Waals surface area (Å²) in [5, 5.41) is 0.256. The predicted octanol–water partition coefficient (Wildman–Crippen LogP) is 2.56. The minimum absolute atomic E-state index is 0.0148. The number of nitrogen functional groups attached to an aromatic ring is 2. The van der Waals surface area contributed by atoms with E-state index in [0.717, 1.165) is 0 Å². The highest BCUT2D eigenvalue weighted by molar-refractivity contribution is 8.23. The summed E-state index contributed by atoms with van der Waals surface area (Å²) in [4.78, 5) is 3.96. The third-order valence-corrected chi connectivity index (χ3v) is 4.12. The van der Waals surface area contributed by atoms with Gasteiger partial charge in [-0.15, -0.1) is 10.6 Å². The number of aromatic nitrogens is 1. The Morgan fingerprint density at radius 2 is 1.89 bits per heavy atom. The Morgan fingerprint density at radius 1 is 1.11 bits per heavy atom. The minimum atomic E-state index is -3.00. The molecule has 1 heterocycles. The van der Waals surface area contributed by atoms with Gasteiger partial charge in [0.05, 0.1) is 5.75 Å². The third-order valence-electron chi connectivity index (χ3n) is 2.50. The molecule has 0 bridgehead atoms. The molecule has 96 valence electrons. The zero-order chi connectivity index (χ0) is 13.2. The third kappa shape index (κ3) is 2.73. The number of hydrogen-bond acceptors (Lipinski definition) is 5. The van der Waals surface area contributed by atoms with Gasteiger partial charge in [0.2, 0.25) is 0 Å². The summed E-state index contributed by atoms with van der Waals surface area (Å²) < 4.78 is 20.3. The van der Waals surface area contributed by atoms with Crippen molar-refractivity contribution in [1.82, 2.24) is 4.98 Å². The van der Waals surface area contributed by atoms with Gasteiger partial charge in [0.15, 0.2) is 0 Å². The zero-order valence-electron chi connectivity index (χ0n) is 9.65. The molecule has 1 aromatic carbocycles. The maximum absolute atomic E-state index is 10.1. The normalized spacial score (nSPS) is 12.3. The molecule has 18 heavy (non-hydrogen) atoms. The Bertz CT molecular complexity index is 546. The van der Waals surface area contributed by atoms with Gasteiger partial charge in [0.1, 0.15) is 5.03 Å². The van der Waals surface area contributed by atoms with Gasteiger partial charge in [-0.1, -0.05) is 6.07 Å². The van der Waals surface area contributed by atoms with Crippen LogP contribution < -0.4 is 11.5 Å². The first-order valence-corrected chi connectivity index (χ1v) is 7.01. The second-order valence-corrected chi connectivity index (χ2v) is 5.98. The molecule has 6 heteroatoms. The van der Waals surface area contributed by atoms with E-state index in [1.165, 1.54) is 6.20 Å². The van der Waals surface area contributed by atoms with Crippen LogP contribution in [-0.2, 0) is 5.75 Å². The van der Waals surface area contributed by atoms with Gasteiger partial charge in [-0.05, 0) is 35.9 Å². The Kier molecular flexibility index (Phi) is 3.42. The van der Waals surface area contributed by atoms with Crippen molar-refractivity contribution in [3.05, 3.63) is 48.2 Å². The maximum atomic E-state index is 10.1. The molecule has 6 N–H and O–H groups in total. The van der Waals surface area contributed by atoms with Crippen molar-refractivity contribution in [2.24, 2.45) is 0 Å². The van der Waals surface area contributed by atoms with Crippen molar-refractivity contribution < 1.29 is 9.11 Å².